The van der Waals surface area contributed by atoms with E-state index in [1.54, 1.807) is 0 Å². The van der Waals surface area contributed by atoms with Gasteiger partial charge in [-0.15, -0.1) is 0 Å². The van der Waals surface area contributed by atoms with Gasteiger partial charge in [0.25, 0.3) is 0 Å². The van der Waals surface area contributed by atoms with Gasteiger partial charge in [-0.25, -0.2) is 12.7 Å². The molecule has 1 heterocycles. The molecule has 2 bridgehead atoms. The first-order chi connectivity index (χ1) is 10.0. The van der Waals surface area contributed by atoms with Crippen molar-refractivity contribution in [3.63, 3.8) is 0 Å². The highest BCUT2D eigenvalue weighted by molar-refractivity contribution is 7.90. The molecule has 2 saturated carbocycles. The molecule has 2 aliphatic carbocycles. The third-order valence-electron chi connectivity index (χ3n) is 6.81. The van der Waals surface area contributed by atoms with Gasteiger partial charge in [0, 0.05) is 5.41 Å². The highest BCUT2D eigenvalue weighted by atomic mass is 32.2. The minimum Gasteiger partial charge on any atom is -0.392 e. The normalized spacial score (nSPS) is 39.3. The molecule has 5 nitrogen and oxygen atoms in total. The minimum absolute atomic E-state index is 0.0313. The van der Waals surface area contributed by atoms with Gasteiger partial charge in [-0.1, -0.05) is 27.7 Å². The van der Waals surface area contributed by atoms with Crippen molar-refractivity contribution in [1.29, 1.82) is 0 Å². The number of aliphatic hydroxyl groups is 1. The molecule has 3 rings (SSSR count). The van der Waals surface area contributed by atoms with Crippen LogP contribution in [0.15, 0.2) is 0 Å². The third-order valence-corrected chi connectivity index (χ3v) is 8.75. The molecule has 1 saturated heterocycles. The van der Waals surface area contributed by atoms with Crippen molar-refractivity contribution in [2.75, 3.05) is 5.75 Å². The van der Waals surface area contributed by atoms with Crippen molar-refractivity contribution >= 4 is 15.9 Å². The second-order valence-corrected chi connectivity index (χ2v) is 10.2. The topological polar surface area (TPSA) is 74.7 Å². The Hall–Kier alpha value is -0.620. The molecule has 126 valence electrons. The number of carbonyl (C=O) groups is 1. The third kappa shape index (κ3) is 1.92. The van der Waals surface area contributed by atoms with E-state index in [2.05, 4.69) is 13.8 Å². The number of hydrogen-bond acceptors (Lipinski definition) is 4. The van der Waals surface area contributed by atoms with Crippen molar-refractivity contribution in [2.24, 2.45) is 22.7 Å². The number of nitrogens with zero attached hydrogens (tertiary/aromatic N) is 1. The summed E-state index contributed by atoms with van der Waals surface area (Å²) in [7, 11) is -3.56. The summed E-state index contributed by atoms with van der Waals surface area (Å²) >= 11 is 0. The Morgan fingerprint density at radius 2 is 2.00 bits per heavy atom. The fraction of sp³-hybridized carbons (Fsp3) is 0.938. The van der Waals surface area contributed by atoms with E-state index in [1.165, 1.54) is 0 Å². The number of aliphatic hydroxyl groups excluding tert-OH is 1. The van der Waals surface area contributed by atoms with Crippen LogP contribution in [-0.4, -0.2) is 41.6 Å². The number of amides is 1. The summed E-state index contributed by atoms with van der Waals surface area (Å²) in [6.07, 6.45) is 1.86. The molecule has 22 heavy (non-hydrogen) atoms. The molecular formula is C16H27NO4S. The SMILES string of the molecule is CC(C)[C@H](O)CC(=O)N1[C@H]2C[C@H]3CC[C@@]2(CS1(=O)=O)C3(C)C. The Bertz CT molecular complexity index is 597. The molecular weight excluding hydrogens is 302 g/mol. The molecule has 3 fully saturated rings. The molecule has 6 heteroatoms. The average molecular weight is 329 g/mol. The standard InChI is InChI=1S/C16H27NO4S/c1-10(2)12(18)8-14(19)17-13-7-11-5-6-16(13,15(11,3)4)9-22(17,20)21/h10-13,18H,5-9H2,1-4H3/t11-,12-,13+,16+/m1/s1. The molecule has 1 N–H and O–H groups in total. The van der Waals surface area contributed by atoms with E-state index in [-0.39, 0.29) is 35.0 Å². The lowest BCUT2D eigenvalue weighted by atomic mass is 9.69. The number of fused-ring (bicyclic) bond motifs is 1. The zero-order valence-electron chi connectivity index (χ0n) is 13.9. The summed E-state index contributed by atoms with van der Waals surface area (Å²) in [5, 5.41) is 9.96. The van der Waals surface area contributed by atoms with Gasteiger partial charge in [-0.2, -0.15) is 0 Å². The summed E-state index contributed by atoms with van der Waals surface area (Å²) in [4.78, 5) is 12.6. The number of hydrogen-bond donors (Lipinski definition) is 1. The first-order valence-electron chi connectivity index (χ1n) is 8.26. The maximum atomic E-state index is 12.7. The molecule has 4 atom stereocenters. The number of sulfonamides is 1. The maximum absolute atomic E-state index is 12.7. The Morgan fingerprint density at radius 1 is 1.36 bits per heavy atom. The highest BCUT2D eigenvalue weighted by Crippen LogP contribution is 2.70. The zero-order valence-corrected chi connectivity index (χ0v) is 14.7. The molecule has 0 aromatic heterocycles. The Balaban J connectivity index is 1.92. The second kappa shape index (κ2) is 4.69. The molecule has 0 aromatic carbocycles. The summed E-state index contributed by atoms with van der Waals surface area (Å²) in [5.74, 6) is 0.113. The molecule has 0 unspecified atom stereocenters. The smallest absolute Gasteiger partial charge is 0.238 e. The van der Waals surface area contributed by atoms with E-state index >= 15 is 0 Å². The summed E-state index contributed by atoms with van der Waals surface area (Å²) in [6.45, 7) is 7.99. The van der Waals surface area contributed by atoms with Crippen molar-refractivity contribution in [1.82, 2.24) is 4.31 Å². The zero-order chi connectivity index (χ0) is 16.5. The lowest BCUT2D eigenvalue weighted by Crippen LogP contribution is -2.45. The van der Waals surface area contributed by atoms with Crippen molar-refractivity contribution in [3.8, 4) is 0 Å². The number of carbonyl (C=O) groups excluding carboxylic acids is 1. The van der Waals surface area contributed by atoms with E-state index in [0.29, 0.717) is 5.92 Å². The molecule has 3 aliphatic rings. The fourth-order valence-electron chi connectivity index (χ4n) is 5.12. The van der Waals surface area contributed by atoms with Crippen LogP contribution in [-0.2, 0) is 14.8 Å². The van der Waals surface area contributed by atoms with Gasteiger partial charge in [-0.05, 0) is 36.5 Å². The Kier molecular flexibility index (Phi) is 3.47. The quantitative estimate of drug-likeness (QED) is 0.856. The van der Waals surface area contributed by atoms with E-state index < -0.39 is 22.0 Å². The Morgan fingerprint density at radius 3 is 2.55 bits per heavy atom. The Labute approximate surface area is 133 Å². The van der Waals surface area contributed by atoms with Gasteiger partial charge >= 0.3 is 0 Å². The van der Waals surface area contributed by atoms with Gasteiger partial charge in [-0.3, -0.25) is 4.79 Å². The highest BCUT2D eigenvalue weighted by Gasteiger charge is 2.72. The van der Waals surface area contributed by atoms with Gasteiger partial charge in [0.05, 0.1) is 24.3 Å². The predicted molar refractivity (Wildman–Crippen MR) is 83.4 cm³/mol. The molecule has 0 aromatic rings. The fourth-order valence-corrected chi connectivity index (χ4v) is 7.68. The molecule has 1 spiro atoms. The predicted octanol–water partition coefficient (Wildman–Crippen LogP) is 1.76. The summed E-state index contributed by atoms with van der Waals surface area (Å²) < 4.78 is 26.5. The van der Waals surface area contributed by atoms with Gasteiger partial charge < -0.3 is 5.11 Å². The summed E-state index contributed by atoms with van der Waals surface area (Å²) in [5.41, 5.74) is -0.314. The molecule has 1 amide bonds. The minimum atomic E-state index is -3.56. The largest absolute Gasteiger partial charge is 0.392 e. The maximum Gasteiger partial charge on any atom is 0.238 e. The number of rotatable bonds is 3. The van der Waals surface area contributed by atoms with Crippen LogP contribution in [0.2, 0.25) is 0 Å². The van der Waals surface area contributed by atoms with Crippen molar-refractivity contribution < 1.29 is 18.3 Å². The molecule has 0 radical (unpaired) electrons. The lowest BCUT2D eigenvalue weighted by molar-refractivity contribution is -0.131. The van der Waals surface area contributed by atoms with E-state index in [9.17, 15) is 18.3 Å². The van der Waals surface area contributed by atoms with E-state index in [0.717, 1.165) is 23.6 Å². The van der Waals surface area contributed by atoms with Crippen molar-refractivity contribution in [3.05, 3.63) is 0 Å². The molecule has 1 aliphatic heterocycles. The van der Waals surface area contributed by atoms with Crippen LogP contribution in [0.5, 0.6) is 0 Å². The van der Waals surface area contributed by atoms with Crippen LogP contribution >= 0.6 is 0 Å². The first kappa shape index (κ1) is 16.2. The van der Waals surface area contributed by atoms with Crippen LogP contribution in [0.25, 0.3) is 0 Å². The monoisotopic (exact) mass is 329 g/mol. The van der Waals surface area contributed by atoms with Crippen molar-refractivity contribution in [2.45, 2.75) is 65.5 Å². The van der Waals surface area contributed by atoms with Crippen LogP contribution in [0.1, 0.15) is 53.4 Å². The second-order valence-electron chi connectivity index (χ2n) is 8.33. The van der Waals surface area contributed by atoms with E-state index in [4.69, 9.17) is 0 Å². The summed E-state index contributed by atoms with van der Waals surface area (Å²) in [6, 6.07) is -0.196. The van der Waals surface area contributed by atoms with Crippen LogP contribution in [0.4, 0.5) is 0 Å². The first-order valence-corrected chi connectivity index (χ1v) is 9.87. The van der Waals surface area contributed by atoms with Gasteiger partial charge in [0.1, 0.15) is 0 Å². The van der Waals surface area contributed by atoms with Crippen LogP contribution in [0, 0.1) is 22.7 Å². The van der Waals surface area contributed by atoms with Gasteiger partial charge in [0.2, 0.25) is 15.9 Å². The lowest BCUT2D eigenvalue weighted by Gasteiger charge is -2.37. The van der Waals surface area contributed by atoms with Gasteiger partial charge in [0.15, 0.2) is 0 Å². The average Bonchev–Trinajstić information content (AvgIpc) is 2.84. The van der Waals surface area contributed by atoms with Crippen LogP contribution in [0.3, 0.4) is 0 Å². The van der Waals surface area contributed by atoms with E-state index in [1.807, 2.05) is 13.8 Å². The van der Waals surface area contributed by atoms with Crippen LogP contribution < -0.4 is 0 Å².